The van der Waals surface area contributed by atoms with Crippen molar-refractivity contribution in [3.63, 3.8) is 0 Å². The first-order valence-electron chi connectivity index (χ1n) is 6.06. The van der Waals surface area contributed by atoms with E-state index in [-0.39, 0.29) is 5.91 Å². The lowest BCUT2D eigenvalue weighted by molar-refractivity contribution is -0.131. The van der Waals surface area contributed by atoms with Crippen LogP contribution in [0.2, 0.25) is 5.02 Å². The van der Waals surface area contributed by atoms with Gasteiger partial charge in [-0.05, 0) is 23.8 Å². The number of halogens is 1. The molecule has 0 radical (unpaired) electrons. The molecule has 1 aromatic rings. The fraction of sp³-hybridized carbons (Fsp3) is 0.286. The second-order valence-corrected chi connectivity index (χ2v) is 4.63. The summed E-state index contributed by atoms with van der Waals surface area (Å²) in [5.41, 5.74) is 1.50. The van der Waals surface area contributed by atoms with E-state index in [1.165, 1.54) is 6.08 Å². The summed E-state index contributed by atoms with van der Waals surface area (Å²) in [5, 5.41) is 11.6. The van der Waals surface area contributed by atoms with Gasteiger partial charge in [0.1, 0.15) is 0 Å². The molecule has 0 heterocycles. The normalized spacial score (nSPS) is 10.6. The summed E-state index contributed by atoms with van der Waals surface area (Å²) in [6, 6.07) is 5.26. The zero-order valence-corrected chi connectivity index (χ0v) is 12.1. The number of rotatable bonds is 6. The highest BCUT2D eigenvalue weighted by Crippen LogP contribution is 2.26. The molecule has 0 atom stereocenters. The van der Waals surface area contributed by atoms with Gasteiger partial charge in [-0.2, -0.15) is 0 Å². The van der Waals surface area contributed by atoms with Gasteiger partial charge in [0.25, 0.3) is 0 Å². The summed E-state index contributed by atoms with van der Waals surface area (Å²) in [4.78, 5) is 23.5. The molecule has 20 heavy (non-hydrogen) atoms. The van der Waals surface area contributed by atoms with Crippen molar-refractivity contribution in [1.29, 1.82) is 0 Å². The molecule has 0 aliphatic carbocycles. The van der Waals surface area contributed by atoms with E-state index < -0.39 is 5.97 Å². The molecular weight excluding hydrogens is 280 g/mol. The van der Waals surface area contributed by atoms with Crippen LogP contribution in [0.15, 0.2) is 24.3 Å². The molecule has 5 nitrogen and oxygen atoms in total. The van der Waals surface area contributed by atoms with E-state index in [1.807, 2.05) is 11.9 Å². The molecule has 0 saturated heterocycles. The highest BCUT2D eigenvalue weighted by atomic mass is 35.5. The average molecular weight is 297 g/mol. The molecule has 0 fully saturated rings. The summed E-state index contributed by atoms with van der Waals surface area (Å²) in [6.07, 6.45) is 2.91. The van der Waals surface area contributed by atoms with Gasteiger partial charge >= 0.3 is 5.97 Å². The number of carboxylic acid groups (broad SMARTS) is 1. The molecular formula is C14H17ClN2O3. The van der Waals surface area contributed by atoms with Crippen molar-refractivity contribution in [3.05, 3.63) is 34.9 Å². The second kappa shape index (κ2) is 7.55. The van der Waals surface area contributed by atoms with Gasteiger partial charge in [-0.1, -0.05) is 17.7 Å². The molecule has 0 spiro atoms. The number of amides is 1. The molecule has 1 amide bonds. The van der Waals surface area contributed by atoms with Gasteiger partial charge in [-0.15, -0.1) is 0 Å². The number of aliphatic carboxylic acids is 1. The van der Waals surface area contributed by atoms with Crippen LogP contribution in [0.5, 0.6) is 0 Å². The Bertz CT molecular complexity index is 529. The van der Waals surface area contributed by atoms with Gasteiger partial charge in [-0.25, -0.2) is 4.79 Å². The number of benzene rings is 1. The van der Waals surface area contributed by atoms with Crippen molar-refractivity contribution in [2.24, 2.45) is 0 Å². The minimum Gasteiger partial charge on any atom is -0.478 e. The molecule has 0 aliphatic heterocycles. The Kier molecular flexibility index (Phi) is 6.06. The number of nitrogens with one attached hydrogen (secondary N) is 1. The van der Waals surface area contributed by atoms with Crippen LogP contribution < -0.4 is 10.2 Å². The van der Waals surface area contributed by atoms with Crippen LogP contribution in [0, 0.1) is 0 Å². The maximum atomic E-state index is 11.2. The van der Waals surface area contributed by atoms with Gasteiger partial charge in [0, 0.05) is 33.1 Å². The van der Waals surface area contributed by atoms with Crippen LogP contribution >= 0.6 is 11.6 Å². The SMILES string of the molecule is CNC(=O)CCN(C)c1ccc(/C=C/C(=O)O)cc1Cl. The van der Waals surface area contributed by atoms with Crippen LogP contribution in [0.4, 0.5) is 5.69 Å². The zero-order chi connectivity index (χ0) is 15.1. The minimum atomic E-state index is -1.01. The molecule has 108 valence electrons. The first-order valence-corrected chi connectivity index (χ1v) is 6.44. The van der Waals surface area contributed by atoms with Crippen molar-refractivity contribution in [2.75, 3.05) is 25.5 Å². The Morgan fingerprint density at radius 2 is 2.15 bits per heavy atom. The van der Waals surface area contributed by atoms with E-state index in [9.17, 15) is 9.59 Å². The highest BCUT2D eigenvalue weighted by molar-refractivity contribution is 6.33. The van der Waals surface area contributed by atoms with Crippen molar-refractivity contribution in [3.8, 4) is 0 Å². The predicted molar refractivity (Wildman–Crippen MR) is 80.1 cm³/mol. The third-order valence-electron chi connectivity index (χ3n) is 2.75. The minimum absolute atomic E-state index is 0.0333. The van der Waals surface area contributed by atoms with Gasteiger partial charge in [0.05, 0.1) is 10.7 Å². The van der Waals surface area contributed by atoms with E-state index in [4.69, 9.17) is 16.7 Å². The zero-order valence-electron chi connectivity index (χ0n) is 11.4. The summed E-state index contributed by atoms with van der Waals surface area (Å²) >= 11 is 6.17. The van der Waals surface area contributed by atoms with E-state index >= 15 is 0 Å². The highest BCUT2D eigenvalue weighted by Gasteiger charge is 2.08. The number of anilines is 1. The maximum Gasteiger partial charge on any atom is 0.328 e. The molecule has 0 unspecified atom stereocenters. The topological polar surface area (TPSA) is 69.6 Å². The van der Waals surface area contributed by atoms with E-state index in [0.717, 1.165) is 11.8 Å². The Morgan fingerprint density at radius 3 is 2.70 bits per heavy atom. The molecule has 0 bridgehead atoms. The quantitative estimate of drug-likeness (QED) is 0.788. The van der Waals surface area contributed by atoms with Gasteiger partial charge in [-0.3, -0.25) is 4.79 Å². The van der Waals surface area contributed by atoms with Crippen molar-refractivity contribution < 1.29 is 14.7 Å². The molecule has 2 N–H and O–H groups in total. The Balaban J connectivity index is 2.76. The van der Waals surface area contributed by atoms with Crippen molar-refractivity contribution >= 4 is 35.2 Å². The third-order valence-corrected chi connectivity index (χ3v) is 3.06. The van der Waals surface area contributed by atoms with Crippen LogP contribution in [0.3, 0.4) is 0 Å². The smallest absolute Gasteiger partial charge is 0.328 e. The van der Waals surface area contributed by atoms with E-state index in [1.54, 1.807) is 25.2 Å². The Morgan fingerprint density at radius 1 is 1.45 bits per heavy atom. The van der Waals surface area contributed by atoms with Gasteiger partial charge in [0.2, 0.25) is 5.91 Å². The number of carbonyl (C=O) groups is 2. The molecule has 0 aliphatic rings. The molecule has 6 heteroatoms. The Hall–Kier alpha value is -2.01. The summed E-state index contributed by atoms with van der Waals surface area (Å²) in [6.45, 7) is 0.545. The molecule has 1 rings (SSSR count). The largest absolute Gasteiger partial charge is 0.478 e. The number of carboxylic acids is 1. The molecule has 0 saturated carbocycles. The number of carbonyl (C=O) groups excluding carboxylic acids is 1. The first-order chi connectivity index (χ1) is 9.43. The standard InChI is InChI=1S/C14H17ClN2O3/c1-16-13(18)7-8-17(2)12-5-3-10(9-11(12)15)4-6-14(19)20/h3-6,9H,7-8H2,1-2H3,(H,16,18)(H,19,20)/b6-4+. The van der Waals surface area contributed by atoms with Crippen LogP contribution in [0.1, 0.15) is 12.0 Å². The van der Waals surface area contributed by atoms with Crippen LogP contribution in [0.25, 0.3) is 6.08 Å². The number of nitrogens with zero attached hydrogens (tertiary/aromatic N) is 1. The number of hydrogen-bond donors (Lipinski definition) is 2. The lowest BCUT2D eigenvalue weighted by Gasteiger charge is -2.20. The summed E-state index contributed by atoms with van der Waals surface area (Å²) in [5.74, 6) is -1.04. The number of hydrogen-bond acceptors (Lipinski definition) is 3. The van der Waals surface area contributed by atoms with Crippen LogP contribution in [-0.4, -0.2) is 37.6 Å². The first kappa shape index (κ1) is 16.0. The molecule has 0 aromatic heterocycles. The predicted octanol–water partition coefficient (Wildman–Crippen LogP) is 2.01. The Labute approximate surface area is 122 Å². The molecule has 1 aromatic carbocycles. The average Bonchev–Trinajstić information content (AvgIpc) is 2.42. The van der Waals surface area contributed by atoms with Crippen LogP contribution in [-0.2, 0) is 9.59 Å². The van der Waals surface area contributed by atoms with E-state index in [0.29, 0.717) is 23.6 Å². The van der Waals surface area contributed by atoms with E-state index in [2.05, 4.69) is 5.32 Å². The monoisotopic (exact) mass is 296 g/mol. The summed E-state index contributed by atoms with van der Waals surface area (Å²) in [7, 11) is 3.44. The maximum absolute atomic E-state index is 11.2. The fourth-order valence-electron chi connectivity index (χ4n) is 1.62. The van der Waals surface area contributed by atoms with Gasteiger partial charge in [0.15, 0.2) is 0 Å². The summed E-state index contributed by atoms with van der Waals surface area (Å²) < 4.78 is 0. The lowest BCUT2D eigenvalue weighted by atomic mass is 10.1. The fourth-order valence-corrected chi connectivity index (χ4v) is 1.95. The second-order valence-electron chi connectivity index (χ2n) is 4.23. The van der Waals surface area contributed by atoms with Gasteiger partial charge < -0.3 is 15.3 Å². The third kappa shape index (κ3) is 4.93. The lowest BCUT2D eigenvalue weighted by Crippen LogP contribution is -2.26. The van der Waals surface area contributed by atoms with Crippen molar-refractivity contribution in [2.45, 2.75) is 6.42 Å². The van der Waals surface area contributed by atoms with Crippen molar-refractivity contribution in [1.82, 2.24) is 5.32 Å².